The Hall–Kier alpha value is -2.41. The normalized spacial score (nSPS) is 18.6. The van der Waals surface area contributed by atoms with Gasteiger partial charge in [0, 0.05) is 0 Å². The van der Waals surface area contributed by atoms with Crippen LogP contribution in [0.4, 0.5) is 4.79 Å². The minimum atomic E-state index is -0.924. The number of hydrogen-bond donors (Lipinski definition) is 3. The molecule has 136 valence electrons. The Kier molecular flexibility index (Phi) is 5.79. The number of nitrogens with zero attached hydrogens (tertiary/aromatic N) is 1. The van der Waals surface area contributed by atoms with Crippen molar-refractivity contribution in [3.05, 3.63) is 35.9 Å². The summed E-state index contributed by atoms with van der Waals surface area (Å²) in [7, 11) is 0. The molecule has 2 atom stereocenters. The first-order chi connectivity index (χ1) is 11.8. The lowest BCUT2D eigenvalue weighted by Gasteiger charge is -2.24. The zero-order valence-electron chi connectivity index (χ0n) is 14.8. The van der Waals surface area contributed by atoms with Gasteiger partial charge in [0.2, 0.25) is 5.91 Å². The highest BCUT2D eigenvalue weighted by Gasteiger charge is 2.49. The summed E-state index contributed by atoms with van der Waals surface area (Å²) in [4.78, 5) is 37.7. The molecule has 25 heavy (non-hydrogen) atoms. The lowest BCUT2D eigenvalue weighted by molar-refractivity contribution is -0.135. The number of rotatable bonds is 7. The van der Waals surface area contributed by atoms with Crippen LogP contribution in [0.3, 0.4) is 0 Å². The highest BCUT2D eigenvalue weighted by atomic mass is 16.3. The maximum Gasteiger partial charge on any atom is 0.325 e. The van der Waals surface area contributed by atoms with Crippen LogP contribution in [-0.4, -0.2) is 46.0 Å². The molecular formula is C18H25N3O4. The SMILES string of the molecule is CCC1(CC)NC(=O)N(CC(=O)NC(C)C(O)c2ccccc2)C1=O. The third-order valence-electron chi connectivity index (χ3n) is 4.76. The number of imide groups is 1. The van der Waals surface area contributed by atoms with Gasteiger partial charge in [0.25, 0.3) is 5.91 Å². The van der Waals surface area contributed by atoms with Crippen molar-refractivity contribution < 1.29 is 19.5 Å². The molecule has 7 heteroatoms. The summed E-state index contributed by atoms with van der Waals surface area (Å²) in [6.07, 6.45) is 0.0589. The molecular weight excluding hydrogens is 322 g/mol. The van der Waals surface area contributed by atoms with E-state index in [9.17, 15) is 19.5 Å². The molecule has 0 spiro atoms. The summed E-state index contributed by atoms with van der Waals surface area (Å²) in [6, 6.07) is 7.86. The second kappa shape index (κ2) is 7.65. The van der Waals surface area contributed by atoms with Gasteiger partial charge in [-0.25, -0.2) is 4.79 Å². The topological polar surface area (TPSA) is 98.7 Å². The van der Waals surface area contributed by atoms with Crippen molar-refractivity contribution >= 4 is 17.8 Å². The summed E-state index contributed by atoms with van der Waals surface area (Å²) in [5, 5.41) is 15.6. The molecule has 0 aromatic heterocycles. The predicted octanol–water partition coefficient (Wildman–Crippen LogP) is 1.34. The number of carbonyl (C=O) groups is 3. The standard InChI is InChI=1S/C18H25N3O4/c1-4-18(5-2)16(24)21(17(25)20-18)11-14(22)19-12(3)15(23)13-9-7-6-8-10-13/h6-10,12,15,23H,4-5,11H2,1-3H3,(H,19,22)(H,20,25). The van der Waals surface area contributed by atoms with Gasteiger partial charge in [-0.2, -0.15) is 0 Å². The fourth-order valence-electron chi connectivity index (χ4n) is 3.01. The molecule has 0 radical (unpaired) electrons. The van der Waals surface area contributed by atoms with Gasteiger partial charge in [0.1, 0.15) is 12.1 Å². The van der Waals surface area contributed by atoms with Gasteiger partial charge in [-0.1, -0.05) is 44.2 Å². The molecule has 1 aliphatic heterocycles. The molecule has 2 rings (SSSR count). The zero-order valence-corrected chi connectivity index (χ0v) is 14.8. The minimum absolute atomic E-state index is 0.363. The lowest BCUT2D eigenvalue weighted by atomic mass is 9.93. The minimum Gasteiger partial charge on any atom is -0.386 e. The molecule has 2 unspecified atom stereocenters. The van der Waals surface area contributed by atoms with E-state index in [2.05, 4.69) is 10.6 Å². The van der Waals surface area contributed by atoms with Crippen LogP contribution in [0, 0.1) is 0 Å². The third kappa shape index (κ3) is 3.82. The van der Waals surface area contributed by atoms with Gasteiger partial charge in [-0.15, -0.1) is 0 Å². The molecule has 1 saturated heterocycles. The maximum absolute atomic E-state index is 12.5. The number of hydrogen-bond acceptors (Lipinski definition) is 4. The van der Waals surface area contributed by atoms with E-state index in [-0.39, 0.29) is 12.5 Å². The van der Waals surface area contributed by atoms with E-state index in [1.807, 2.05) is 19.9 Å². The van der Waals surface area contributed by atoms with Crippen LogP contribution in [0.2, 0.25) is 0 Å². The van der Waals surface area contributed by atoms with Crippen LogP contribution in [0.5, 0.6) is 0 Å². The first kappa shape index (κ1) is 18.9. The van der Waals surface area contributed by atoms with E-state index in [0.29, 0.717) is 18.4 Å². The molecule has 1 heterocycles. The van der Waals surface area contributed by atoms with Gasteiger partial charge in [0.05, 0.1) is 12.1 Å². The van der Waals surface area contributed by atoms with Gasteiger partial charge in [-0.05, 0) is 25.3 Å². The van der Waals surface area contributed by atoms with Crippen molar-refractivity contribution in [3.63, 3.8) is 0 Å². The van der Waals surface area contributed by atoms with E-state index in [1.165, 1.54) is 0 Å². The van der Waals surface area contributed by atoms with E-state index >= 15 is 0 Å². The number of nitrogens with one attached hydrogen (secondary N) is 2. The van der Waals surface area contributed by atoms with Gasteiger partial charge >= 0.3 is 6.03 Å². The number of benzene rings is 1. The van der Waals surface area contributed by atoms with E-state index < -0.39 is 29.6 Å². The van der Waals surface area contributed by atoms with Crippen LogP contribution in [0.15, 0.2) is 30.3 Å². The molecule has 7 nitrogen and oxygen atoms in total. The zero-order chi connectivity index (χ0) is 18.6. The summed E-state index contributed by atoms with van der Waals surface area (Å²) >= 11 is 0. The lowest BCUT2D eigenvalue weighted by Crippen LogP contribution is -2.47. The summed E-state index contributed by atoms with van der Waals surface area (Å²) in [5.74, 6) is -0.872. The number of aliphatic hydroxyl groups is 1. The Morgan fingerprint density at radius 2 is 1.84 bits per heavy atom. The molecule has 4 amide bonds. The molecule has 1 aliphatic rings. The van der Waals surface area contributed by atoms with Gasteiger partial charge in [-0.3, -0.25) is 14.5 Å². The quantitative estimate of drug-likeness (QED) is 0.648. The first-order valence-corrected chi connectivity index (χ1v) is 8.51. The first-order valence-electron chi connectivity index (χ1n) is 8.51. The third-order valence-corrected chi connectivity index (χ3v) is 4.76. The largest absolute Gasteiger partial charge is 0.386 e. The number of urea groups is 1. The van der Waals surface area contributed by atoms with Crippen LogP contribution >= 0.6 is 0 Å². The average molecular weight is 347 g/mol. The highest BCUT2D eigenvalue weighted by Crippen LogP contribution is 2.24. The van der Waals surface area contributed by atoms with Gasteiger partial charge in [0.15, 0.2) is 0 Å². The van der Waals surface area contributed by atoms with Crippen LogP contribution in [0.25, 0.3) is 0 Å². The van der Waals surface area contributed by atoms with Crippen LogP contribution in [0.1, 0.15) is 45.3 Å². The Morgan fingerprint density at radius 1 is 1.24 bits per heavy atom. The molecule has 3 N–H and O–H groups in total. The van der Waals surface area contributed by atoms with E-state index in [0.717, 1.165) is 4.90 Å². The molecule has 0 saturated carbocycles. The fourth-order valence-corrected chi connectivity index (χ4v) is 3.01. The summed E-state index contributed by atoms with van der Waals surface area (Å²) in [5.41, 5.74) is -0.242. The van der Waals surface area contributed by atoms with Crippen molar-refractivity contribution in [2.24, 2.45) is 0 Å². The number of amides is 4. The van der Waals surface area contributed by atoms with Crippen molar-refractivity contribution in [2.45, 2.75) is 51.3 Å². The summed E-state index contributed by atoms with van der Waals surface area (Å²) < 4.78 is 0. The number of aliphatic hydroxyl groups excluding tert-OH is 1. The van der Waals surface area contributed by atoms with E-state index in [1.54, 1.807) is 31.2 Å². The Balaban J connectivity index is 1.98. The molecule has 1 aromatic carbocycles. The second-order valence-corrected chi connectivity index (χ2v) is 6.32. The maximum atomic E-state index is 12.5. The predicted molar refractivity (Wildman–Crippen MR) is 92.6 cm³/mol. The van der Waals surface area contributed by atoms with Crippen molar-refractivity contribution in [3.8, 4) is 0 Å². The molecule has 1 aromatic rings. The fraction of sp³-hybridized carbons (Fsp3) is 0.500. The van der Waals surface area contributed by atoms with Gasteiger partial charge < -0.3 is 15.7 Å². The average Bonchev–Trinajstić information content (AvgIpc) is 2.86. The molecule has 1 fully saturated rings. The monoisotopic (exact) mass is 347 g/mol. The summed E-state index contributed by atoms with van der Waals surface area (Å²) in [6.45, 7) is 4.95. The molecule has 0 bridgehead atoms. The van der Waals surface area contributed by atoms with Crippen molar-refractivity contribution in [1.82, 2.24) is 15.5 Å². The smallest absolute Gasteiger partial charge is 0.325 e. The van der Waals surface area contributed by atoms with E-state index in [4.69, 9.17) is 0 Å². The van der Waals surface area contributed by atoms with Crippen LogP contribution < -0.4 is 10.6 Å². The Morgan fingerprint density at radius 3 is 2.36 bits per heavy atom. The second-order valence-electron chi connectivity index (χ2n) is 6.32. The molecule has 0 aliphatic carbocycles. The Labute approximate surface area is 147 Å². The Bertz CT molecular complexity index is 643. The van der Waals surface area contributed by atoms with Crippen molar-refractivity contribution in [2.75, 3.05) is 6.54 Å². The highest BCUT2D eigenvalue weighted by molar-refractivity contribution is 6.09. The van der Waals surface area contributed by atoms with Crippen LogP contribution in [-0.2, 0) is 9.59 Å². The number of carbonyl (C=O) groups excluding carboxylic acids is 3. The van der Waals surface area contributed by atoms with Crippen molar-refractivity contribution in [1.29, 1.82) is 0 Å².